The normalized spacial score (nSPS) is 9.37. The first-order valence-corrected chi connectivity index (χ1v) is 42.3. The van der Waals surface area contributed by atoms with Gasteiger partial charge in [-0.2, -0.15) is 81.0 Å². The third kappa shape index (κ3) is 68.4. The summed E-state index contributed by atoms with van der Waals surface area (Å²) in [5, 5.41) is 37.9. The SMILES string of the molecule is CCCN(CC(=O)OCC)c1ccc(OC)cc1.CCOC(=O)CBr.CCSCCS.CCSCCSCCN(CCSCCSCC)c1ccc(O)cc1.COc1ccc(N(CCBr)CCBr)cc1.COc1ccc(N(CCO)CCO)cc1.COc1ccc(N)cc1.O=C=O.O=CO[O-].[H-].[K+].[K+]. The maximum absolute atomic E-state index is 11.5. The van der Waals surface area contributed by atoms with Gasteiger partial charge in [-0.15, -0.1) is 0 Å². The molecule has 0 spiro atoms. The summed E-state index contributed by atoms with van der Waals surface area (Å²) in [6, 6.07) is 38.3. The molecule has 0 aromatic heterocycles. The van der Waals surface area contributed by atoms with E-state index < -0.39 is 0 Å². The zero-order chi connectivity index (χ0) is 76.4. The maximum atomic E-state index is 11.5. The number of hydrogen-bond donors (Lipinski definition) is 5. The van der Waals surface area contributed by atoms with Gasteiger partial charge < -0.3 is 80.6 Å². The van der Waals surface area contributed by atoms with Gasteiger partial charge in [-0.25, -0.2) is 0 Å². The van der Waals surface area contributed by atoms with Crippen molar-refractivity contribution in [2.45, 2.75) is 48.0 Å². The molecular weight excluding hydrogens is 1690 g/mol. The molecule has 32 heteroatoms. The molecule has 5 rings (SSSR count). The number of rotatable bonds is 41. The number of aromatic hydroxyl groups is 1. The quantitative estimate of drug-likeness (QED) is 0.00296. The Morgan fingerprint density at radius 3 is 1.10 bits per heavy atom. The summed E-state index contributed by atoms with van der Waals surface area (Å²) in [5.41, 5.74) is 10.6. The number of phenolic OH excluding ortho intramolecular Hbond substituents is 1. The van der Waals surface area contributed by atoms with Crippen LogP contribution in [0.15, 0.2) is 121 Å². The second kappa shape index (κ2) is 86.2. The standard InChI is InChI=1S/C18H31NOS4.C14H21NO3.C11H15Br2NO.C11H17NO3.C7H9NO.C4H7BrO2.C4H10S2.CH2O3.CO2.2K.H/c1-3-21-13-15-23-11-9-19(10-12-24-16-14-22-4-2)17-5-7-18(20)8-6-17;1-4-10-15(11-14(16)18-5-2)12-6-8-13(17-3)9-7-12;1-15-11-4-2-10(3-5-11)14(8-6-12)9-7-13;1-15-11-4-2-10(3-5-11)12(6-8-13)7-9-14;1-9-7-4-2-6(8)3-5-7;1-2-7-4(6)3-5;1-2-6-4-3-5;2-1-4-3;2-1-3;;;/h5-8,20H,3-4,9-16H2,1-2H3;6-9H,4-5,10-11H2,1-3H3;2-5H,6-9H2,1H3;2-5,13-14H,6-9H2,1H3;2-5H,8H2,1H3;2-3H2,1H3;5H,2-4H2,1H3;1,3H;;;;/q;;;;;;;;;2*+1;-1/p-1. The Bertz CT molecular complexity index is 2590. The van der Waals surface area contributed by atoms with E-state index in [1.165, 1.54) is 68.9 Å². The van der Waals surface area contributed by atoms with E-state index in [2.05, 4.69) is 120 Å². The van der Waals surface area contributed by atoms with Crippen LogP contribution in [0.1, 0.15) is 49.4 Å². The van der Waals surface area contributed by atoms with E-state index in [-0.39, 0.29) is 149 Å². The number of aliphatic hydroxyl groups is 2. The monoisotopic (exact) mass is 1800 g/mol. The largest absolute Gasteiger partial charge is 1.00 e. The van der Waals surface area contributed by atoms with Crippen molar-refractivity contribution >= 4 is 172 Å². The van der Waals surface area contributed by atoms with Gasteiger partial charge in [0.2, 0.25) is 0 Å². The molecule has 0 bridgehead atoms. The predicted octanol–water partition coefficient (Wildman–Crippen LogP) is 7.29. The summed E-state index contributed by atoms with van der Waals surface area (Å²) in [6.07, 6.45) is 1.23. The van der Waals surface area contributed by atoms with Crippen LogP contribution in [0, 0.1) is 0 Å². The summed E-state index contributed by atoms with van der Waals surface area (Å²) in [6.45, 7) is 19.5. The summed E-state index contributed by atoms with van der Waals surface area (Å²) in [4.78, 5) is 57.9. The van der Waals surface area contributed by atoms with E-state index in [4.69, 9.17) is 59.3 Å². The fourth-order valence-corrected chi connectivity index (χ4v) is 13.0. The molecule has 103 heavy (non-hydrogen) atoms. The van der Waals surface area contributed by atoms with Gasteiger partial charge in [-0.1, -0.05) is 75.5 Å². The van der Waals surface area contributed by atoms with E-state index in [1.807, 2.05) is 160 Å². The summed E-state index contributed by atoms with van der Waals surface area (Å²) in [5.74, 6) is 16.5. The molecular formula is C71H112Br3K2N5O16S6. The number of hydrogen-bond acceptors (Lipinski definition) is 27. The van der Waals surface area contributed by atoms with Crippen molar-refractivity contribution in [1.29, 1.82) is 0 Å². The van der Waals surface area contributed by atoms with Crippen molar-refractivity contribution in [1.82, 2.24) is 0 Å². The number of phenols is 1. The van der Waals surface area contributed by atoms with E-state index in [0.29, 0.717) is 37.4 Å². The number of ether oxygens (including phenoxy) is 6. The molecule has 5 aromatic carbocycles. The van der Waals surface area contributed by atoms with Gasteiger partial charge in [-0.05, 0) is 165 Å². The minimum absolute atomic E-state index is 0. The Hall–Kier alpha value is -1.42. The third-order valence-corrected chi connectivity index (χ3v) is 19.1. The number of carbonyl (C=O) groups excluding carboxylic acids is 5. The van der Waals surface area contributed by atoms with Crippen molar-refractivity contribution in [3.8, 4) is 28.7 Å². The Balaban J connectivity index is -0.000000214. The molecule has 0 saturated carbocycles. The number of esters is 2. The molecule has 5 aromatic rings. The zero-order valence-electron chi connectivity index (χ0n) is 63.4. The number of thiol groups is 1. The number of thioether (sulfide) groups is 5. The number of carbonyl (C=O) groups is 3. The van der Waals surface area contributed by atoms with Gasteiger partial charge in [0.25, 0.3) is 6.47 Å². The van der Waals surface area contributed by atoms with Crippen molar-refractivity contribution in [3.63, 3.8) is 0 Å². The van der Waals surface area contributed by atoms with Crippen LogP contribution in [-0.4, -0.2) is 226 Å². The van der Waals surface area contributed by atoms with Gasteiger partial charge in [-0.3, -0.25) is 14.4 Å². The molecule has 0 aliphatic rings. The topological polar surface area (TPSA) is 273 Å². The summed E-state index contributed by atoms with van der Waals surface area (Å²) >= 11 is 24.0. The van der Waals surface area contributed by atoms with Crippen molar-refractivity contribution < 1.29 is 182 Å². The molecule has 0 unspecified atom stereocenters. The first kappa shape index (κ1) is 112. The van der Waals surface area contributed by atoms with Gasteiger partial charge in [0, 0.05) is 125 Å². The number of benzene rings is 5. The van der Waals surface area contributed by atoms with Crippen LogP contribution in [0.2, 0.25) is 0 Å². The average molecular weight is 1800 g/mol. The van der Waals surface area contributed by atoms with Crippen molar-refractivity contribution in [2.75, 3.05) is 212 Å². The number of anilines is 5. The molecule has 5 N–H and O–H groups in total. The fraction of sp³-hybridized carbons (Fsp3) is 0.521. The van der Waals surface area contributed by atoms with Gasteiger partial charge in [0.15, 0.2) is 0 Å². The number of nitrogens with two attached hydrogens (primary N) is 1. The van der Waals surface area contributed by atoms with E-state index >= 15 is 0 Å². The van der Waals surface area contributed by atoms with E-state index in [0.717, 1.165) is 95.6 Å². The maximum Gasteiger partial charge on any atom is 1.00 e. The summed E-state index contributed by atoms with van der Waals surface area (Å²) < 4.78 is 29.7. The van der Waals surface area contributed by atoms with Crippen LogP contribution >= 0.6 is 119 Å². The Kier molecular flexibility index (Phi) is 94.1. The molecule has 0 amide bonds. The molecule has 576 valence electrons. The van der Waals surface area contributed by atoms with Crippen LogP contribution in [0.25, 0.3) is 0 Å². The van der Waals surface area contributed by atoms with Gasteiger partial charge in [0.05, 0.1) is 54.9 Å². The number of aliphatic hydroxyl groups excluding tert-OH is 2. The van der Waals surface area contributed by atoms with Crippen molar-refractivity contribution in [2.24, 2.45) is 0 Å². The Morgan fingerprint density at radius 2 is 0.816 bits per heavy atom. The number of alkyl halides is 3. The third-order valence-electron chi connectivity index (χ3n) is 12.3. The number of nitrogens with zero attached hydrogens (tertiary/aromatic N) is 4. The van der Waals surface area contributed by atoms with Gasteiger partial charge >= 0.3 is 121 Å². The predicted molar refractivity (Wildman–Crippen MR) is 443 cm³/mol. The van der Waals surface area contributed by atoms with Crippen LogP contribution in [-0.2, 0) is 38.3 Å². The molecule has 0 saturated heterocycles. The Morgan fingerprint density at radius 1 is 0.505 bits per heavy atom. The van der Waals surface area contributed by atoms with Gasteiger partial charge in [0.1, 0.15) is 40.6 Å². The van der Waals surface area contributed by atoms with Crippen molar-refractivity contribution in [3.05, 3.63) is 121 Å². The van der Waals surface area contributed by atoms with Crippen LogP contribution in [0.3, 0.4) is 0 Å². The molecule has 0 atom stereocenters. The number of methoxy groups -OCH3 is 4. The number of halogens is 3. The first-order chi connectivity index (χ1) is 49.0. The second-order valence-electron chi connectivity index (χ2n) is 19.2. The summed E-state index contributed by atoms with van der Waals surface area (Å²) in [7, 11) is 6.57. The molecule has 0 radical (unpaired) electrons. The van der Waals surface area contributed by atoms with Crippen LogP contribution in [0.5, 0.6) is 28.7 Å². The minimum Gasteiger partial charge on any atom is -1.00 e. The smallest absolute Gasteiger partial charge is 1.00 e. The minimum atomic E-state index is -0.206. The first-order valence-electron chi connectivity index (χ1n) is 32.5. The average Bonchev–Trinajstić information content (AvgIpc) is 0.900. The zero-order valence-corrected chi connectivity index (χ0v) is 78.3. The number of nitrogen functional groups attached to an aromatic ring is 1. The molecule has 0 heterocycles. The molecule has 0 aliphatic carbocycles. The van der Waals surface area contributed by atoms with E-state index in [1.54, 1.807) is 59.6 Å². The van der Waals surface area contributed by atoms with Crippen LogP contribution < -0.4 is 152 Å². The molecule has 21 nitrogen and oxygen atoms in total. The second-order valence-corrected chi connectivity index (χ2v) is 28.4. The molecule has 0 aliphatic heterocycles. The fourth-order valence-electron chi connectivity index (χ4n) is 7.62. The van der Waals surface area contributed by atoms with E-state index in [9.17, 15) is 14.7 Å². The Labute approximate surface area is 753 Å². The van der Waals surface area contributed by atoms with Crippen LogP contribution in [0.4, 0.5) is 28.4 Å². The molecule has 0 fully saturated rings.